The molecular weight excluding hydrogens is 687 g/mol. The highest BCUT2D eigenvalue weighted by molar-refractivity contribution is 5.87. The quantitative estimate of drug-likeness (QED) is 0.154. The maximum absolute atomic E-state index is 10.4. The average Bonchev–Trinajstić information content (AvgIpc) is 3.29. The smallest absolute Gasteiger partial charge is 0.164 e. The molecule has 7 heteroatoms. The minimum absolute atomic E-state index is 0.517. The first-order valence-electron chi connectivity index (χ1n) is 18.2. The van der Waals surface area contributed by atoms with Gasteiger partial charge >= 0.3 is 0 Å². The Kier molecular flexibility index (Phi) is 9.18. The van der Waals surface area contributed by atoms with Crippen LogP contribution < -0.4 is 0 Å². The average molecular weight is 718 g/mol. The second-order valence-electron chi connectivity index (χ2n) is 13.1. The molecule has 2 heterocycles. The molecule has 0 radical (unpaired) electrons. The second-order valence-corrected chi connectivity index (χ2v) is 13.1. The number of nitrogens with zero attached hydrogens (tertiary/aromatic N) is 7. The van der Waals surface area contributed by atoms with Crippen molar-refractivity contribution in [2.24, 2.45) is 0 Å². The van der Waals surface area contributed by atoms with E-state index in [1.54, 1.807) is 0 Å². The van der Waals surface area contributed by atoms with Gasteiger partial charge in [0.05, 0.1) is 11.6 Å². The Morgan fingerprint density at radius 3 is 1.09 bits per heavy atom. The highest BCUT2D eigenvalue weighted by atomic mass is 15.0. The summed E-state index contributed by atoms with van der Waals surface area (Å²) in [7, 11) is 0. The molecular formula is C49H31N7. The lowest BCUT2D eigenvalue weighted by atomic mass is 9.91. The third-order valence-corrected chi connectivity index (χ3v) is 9.45. The largest absolute Gasteiger partial charge is 0.208 e. The topological polar surface area (TPSA) is 101 Å². The van der Waals surface area contributed by atoms with Gasteiger partial charge in [-0.05, 0) is 34.9 Å². The van der Waals surface area contributed by atoms with Crippen LogP contribution in [0.1, 0.15) is 5.56 Å². The van der Waals surface area contributed by atoms with Crippen molar-refractivity contribution in [1.82, 2.24) is 29.9 Å². The molecule has 7 aromatic carbocycles. The van der Waals surface area contributed by atoms with Gasteiger partial charge in [0.2, 0.25) is 0 Å². The Labute approximate surface area is 324 Å². The van der Waals surface area contributed by atoms with E-state index in [4.69, 9.17) is 29.9 Å². The summed E-state index contributed by atoms with van der Waals surface area (Å²) in [6.45, 7) is 0. The van der Waals surface area contributed by atoms with Crippen LogP contribution in [0, 0.1) is 11.3 Å². The number of hydrogen-bond acceptors (Lipinski definition) is 7. The minimum Gasteiger partial charge on any atom is -0.208 e. The van der Waals surface area contributed by atoms with Crippen molar-refractivity contribution < 1.29 is 0 Å². The van der Waals surface area contributed by atoms with Crippen molar-refractivity contribution >= 4 is 0 Å². The van der Waals surface area contributed by atoms with Crippen molar-refractivity contribution in [2.45, 2.75) is 0 Å². The van der Waals surface area contributed by atoms with E-state index in [1.165, 1.54) is 0 Å². The van der Waals surface area contributed by atoms with Crippen LogP contribution in [0.3, 0.4) is 0 Å². The minimum atomic E-state index is 0.517. The van der Waals surface area contributed by atoms with E-state index in [9.17, 15) is 5.26 Å². The zero-order valence-corrected chi connectivity index (χ0v) is 30.0. The van der Waals surface area contributed by atoms with Crippen LogP contribution in [0.2, 0.25) is 0 Å². The fourth-order valence-electron chi connectivity index (χ4n) is 6.66. The molecule has 0 atom stereocenters. The summed E-state index contributed by atoms with van der Waals surface area (Å²) < 4.78 is 0. The summed E-state index contributed by atoms with van der Waals surface area (Å²) in [6.07, 6.45) is 0. The molecule has 0 fully saturated rings. The summed E-state index contributed by atoms with van der Waals surface area (Å²) in [5.41, 5.74) is 9.25. The molecule has 0 amide bonds. The van der Waals surface area contributed by atoms with Gasteiger partial charge in [0.15, 0.2) is 34.9 Å². The normalized spacial score (nSPS) is 10.8. The highest BCUT2D eigenvalue weighted by Crippen LogP contribution is 2.37. The maximum Gasteiger partial charge on any atom is 0.164 e. The molecule has 0 aliphatic rings. The lowest BCUT2D eigenvalue weighted by molar-refractivity contribution is 1.07. The Morgan fingerprint density at radius 1 is 0.268 bits per heavy atom. The molecule has 262 valence electrons. The van der Waals surface area contributed by atoms with Gasteiger partial charge in [0.1, 0.15) is 0 Å². The molecule has 9 rings (SSSR count). The molecule has 7 nitrogen and oxygen atoms in total. The van der Waals surface area contributed by atoms with E-state index >= 15 is 0 Å². The summed E-state index contributed by atoms with van der Waals surface area (Å²) in [5, 5.41) is 10.4. The molecule has 0 saturated carbocycles. The standard InChI is InChI=1S/C49H31N7/c50-32-40-29-28-38(37-24-15-25-39(30-37)48-53-44(33-16-5-1-6-17-33)51-45(54-48)34-18-7-2-8-19-34)31-43(40)41-26-13-14-27-42(41)49-55-46(35-20-9-3-10-21-35)52-47(56-49)36-22-11-4-12-23-36/h1-31H. The zero-order chi connectivity index (χ0) is 37.7. The van der Waals surface area contributed by atoms with Gasteiger partial charge in [-0.3, -0.25) is 0 Å². The van der Waals surface area contributed by atoms with Crippen LogP contribution in [0.5, 0.6) is 0 Å². The van der Waals surface area contributed by atoms with E-state index in [0.717, 1.165) is 55.6 Å². The van der Waals surface area contributed by atoms with Gasteiger partial charge in [0.25, 0.3) is 0 Å². The van der Waals surface area contributed by atoms with Crippen LogP contribution in [0.25, 0.3) is 90.6 Å². The molecule has 0 aliphatic heterocycles. The molecule has 0 spiro atoms. The number of rotatable bonds is 8. The SMILES string of the molecule is N#Cc1ccc(-c2cccc(-c3nc(-c4ccccc4)nc(-c4ccccc4)n3)c2)cc1-c1ccccc1-c1nc(-c2ccccc2)nc(-c2ccccc2)n1. The third kappa shape index (κ3) is 6.94. The Balaban J connectivity index is 1.16. The number of hydrogen-bond donors (Lipinski definition) is 0. The number of nitriles is 1. The Bertz CT molecular complexity index is 2740. The second kappa shape index (κ2) is 15.2. The Morgan fingerprint density at radius 2 is 0.625 bits per heavy atom. The first-order chi connectivity index (χ1) is 27.7. The molecule has 56 heavy (non-hydrogen) atoms. The summed E-state index contributed by atoms with van der Waals surface area (Å²) >= 11 is 0. The van der Waals surface area contributed by atoms with Crippen molar-refractivity contribution in [3.8, 4) is 96.7 Å². The molecule has 0 N–H and O–H groups in total. The van der Waals surface area contributed by atoms with Crippen molar-refractivity contribution in [2.75, 3.05) is 0 Å². The van der Waals surface area contributed by atoms with Crippen LogP contribution in [-0.2, 0) is 0 Å². The van der Waals surface area contributed by atoms with Crippen LogP contribution in [0.15, 0.2) is 188 Å². The van der Waals surface area contributed by atoms with Gasteiger partial charge < -0.3 is 0 Å². The molecule has 2 aromatic heterocycles. The monoisotopic (exact) mass is 717 g/mol. The lowest BCUT2D eigenvalue weighted by Crippen LogP contribution is -2.01. The van der Waals surface area contributed by atoms with Gasteiger partial charge in [0, 0.05) is 38.9 Å². The van der Waals surface area contributed by atoms with Crippen LogP contribution >= 0.6 is 0 Å². The van der Waals surface area contributed by atoms with E-state index < -0.39 is 0 Å². The van der Waals surface area contributed by atoms with Gasteiger partial charge in [-0.25, -0.2) is 29.9 Å². The highest BCUT2D eigenvalue weighted by Gasteiger charge is 2.19. The predicted octanol–water partition coefficient (Wildman–Crippen LogP) is 11.3. The predicted molar refractivity (Wildman–Crippen MR) is 221 cm³/mol. The summed E-state index contributed by atoms with van der Waals surface area (Å²) in [6, 6.07) is 64.1. The fraction of sp³-hybridized carbons (Fsp3) is 0. The number of aromatic nitrogens is 6. The molecule has 0 unspecified atom stereocenters. The molecule has 0 bridgehead atoms. The fourth-order valence-corrected chi connectivity index (χ4v) is 6.66. The first-order valence-corrected chi connectivity index (χ1v) is 18.2. The lowest BCUT2D eigenvalue weighted by Gasteiger charge is -2.14. The van der Waals surface area contributed by atoms with Gasteiger partial charge in [-0.15, -0.1) is 0 Å². The number of benzene rings is 7. The van der Waals surface area contributed by atoms with E-state index in [-0.39, 0.29) is 0 Å². The summed E-state index contributed by atoms with van der Waals surface area (Å²) in [5.74, 6) is 3.42. The third-order valence-electron chi connectivity index (χ3n) is 9.45. The molecule has 0 aliphatic carbocycles. The first kappa shape index (κ1) is 33.9. The molecule has 9 aromatic rings. The Hall–Kier alpha value is -7.95. The summed E-state index contributed by atoms with van der Waals surface area (Å²) in [4.78, 5) is 29.6. The van der Waals surface area contributed by atoms with E-state index in [1.807, 2.05) is 170 Å². The van der Waals surface area contributed by atoms with Gasteiger partial charge in [-0.1, -0.05) is 170 Å². The van der Waals surface area contributed by atoms with Crippen molar-refractivity contribution in [3.63, 3.8) is 0 Å². The van der Waals surface area contributed by atoms with Crippen LogP contribution in [0.4, 0.5) is 0 Å². The van der Waals surface area contributed by atoms with Crippen molar-refractivity contribution in [3.05, 3.63) is 194 Å². The van der Waals surface area contributed by atoms with Crippen molar-refractivity contribution in [1.29, 1.82) is 5.26 Å². The maximum atomic E-state index is 10.4. The van der Waals surface area contributed by atoms with E-state index in [2.05, 4.69) is 24.3 Å². The van der Waals surface area contributed by atoms with E-state index in [0.29, 0.717) is 40.5 Å². The zero-order valence-electron chi connectivity index (χ0n) is 30.0. The van der Waals surface area contributed by atoms with Gasteiger partial charge in [-0.2, -0.15) is 5.26 Å². The van der Waals surface area contributed by atoms with Crippen LogP contribution in [-0.4, -0.2) is 29.9 Å². The molecule has 0 saturated heterocycles.